The summed E-state index contributed by atoms with van der Waals surface area (Å²) in [6.45, 7) is 1.21. The molecular weight excluding hydrogens is 278 g/mol. The van der Waals surface area contributed by atoms with Gasteiger partial charge in [0.1, 0.15) is 5.82 Å². The third-order valence-corrected chi connectivity index (χ3v) is 4.27. The number of hydrogen-bond acceptors (Lipinski definition) is 3. The van der Waals surface area contributed by atoms with E-state index in [0.29, 0.717) is 18.8 Å². The van der Waals surface area contributed by atoms with Crippen molar-refractivity contribution in [2.75, 3.05) is 11.4 Å². The lowest BCUT2D eigenvalue weighted by Gasteiger charge is -2.18. The molecule has 1 atom stereocenters. The van der Waals surface area contributed by atoms with Crippen molar-refractivity contribution in [1.82, 2.24) is 10.3 Å². The quantitative estimate of drug-likeness (QED) is 0.867. The zero-order valence-electron chi connectivity index (χ0n) is 12.6. The number of nitrogens with one attached hydrogen (secondary N) is 1. The third kappa shape index (κ3) is 3.35. The van der Waals surface area contributed by atoms with E-state index >= 15 is 0 Å². The zero-order chi connectivity index (χ0) is 15.4. The second kappa shape index (κ2) is 6.73. The second-order valence-corrected chi connectivity index (χ2v) is 5.87. The Balaban J connectivity index is 1.59. The normalized spacial score (nSPS) is 21.2. The molecule has 0 radical (unpaired) electrons. The van der Waals surface area contributed by atoms with Gasteiger partial charge < -0.3 is 5.32 Å². The van der Waals surface area contributed by atoms with Crippen LogP contribution in [0.3, 0.4) is 0 Å². The molecule has 5 heteroatoms. The maximum atomic E-state index is 12.1. The van der Waals surface area contributed by atoms with Crippen LogP contribution < -0.4 is 10.2 Å². The van der Waals surface area contributed by atoms with Crippen LogP contribution in [0.4, 0.5) is 5.82 Å². The molecule has 1 aromatic rings. The summed E-state index contributed by atoms with van der Waals surface area (Å²) >= 11 is 0. The van der Waals surface area contributed by atoms with Gasteiger partial charge >= 0.3 is 0 Å². The van der Waals surface area contributed by atoms with Crippen LogP contribution >= 0.6 is 0 Å². The van der Waals surface area contributed by atoms with Gasteiger partial charge in [-0.05, 0) is 43.4 Å². The van der Waals surface area contributed by atoms with Crippen molar-refractivity contribution < 1.29 is 9.59 Å². The number of hydrogen-bond donors (Lipinski definition) is 1. The predicted molar refractivity (Wildman–Crippen MR) is 84.2 cm³/mol. The summed E-state index contributed by atoms with van der Waals surface area (Å²) in [5.41, 5.74) is 0.976. The largest absolute Gasteiger partial charge is 0.352 e. The van der Waals surface area contributed by atoms with Gasteiger partial charge in [-0.25, -0.2) is 4.98 Å². The zero-order valence-corrected chi connectivity index (χ0v) is 12.6. The van der Waals surface area contributed by atoms with Gasteiger partial charge in [-0.15, -0.1) is 0 Å². The first-order chi connectivity index (χ1) is 10.7. The molecule has 0 bridgehead atoms. The van der Waals surface area contributed by atoms with Gasteiger partial charge in [-0.3, -0.25) is 14.5 Å². The average Bonchev–Trinajstić information content (AvgIpc) is 3.00. The van der Waals surface area contributed by atoms with E-state index in [9.17, 15) is 9.59 Å². The van der Waals surface area contributed by atoms with Gasteiger partial charge in [0.25, 0.3) is 0 Å². The first-order valence-electron chi connectivity index (χ1n) is 7.92. The van der Waals surface area contributed by atoms with E-state index in [-0.39, 0.29) is 17.7 Å². The van der Waals surface area contributed by atoms with E-state index in [2.05, 4.69) is 22.5 Å². The number of pyridine rings is 1. The minimum atomic E-state index is 0.0893. The van der Waals surface area contributed by atoms with Crippen molar-refractivity contribution in [2.24, 2.45) is 5.92 Å². The van der Waals surface area contributed by atoms with Crippen LogP contribution in [-0.4, -0.2) is 23.3 Å². The molecule has 5 nitrogen and oxygen atoms in total. The number of anilines is 1. The highest BCUT2D eigenvalue weighted by atomic mass is 16.2. The van der Waals surface area contributed by atoms with E-state index in [1.54, 1.807) is 11.1 Å². The molecular formula is C17H21N3O2. The number of carbonyl (C=O) groups excluding carboxylic acids is 2. The van der Waals surface area contributed by atoms with Crippen LogP contribution in [-0.2, 0) is 16.1 Å². The van der Waals surface area contributed by atoms with Crippen molar-refractivity contribution in [3.63, 3.8) is 0 Å². The molecule has 1 aliphatic carbocycles. The summed E-state index contributed by atoms with van der Waals surface area (Å²) in [4.78, 5) is 29.9. The van der Waals surface area contributed by atoms with Crippen molar-refractivity contribution >= 4 is 17.6 Å². The number of nitrogens with zero attached hydrogens (tertiary/aromatic N) is 2. The van der Waals surface area contributed by atoms with E-state index in [4.69, 9.17) is 0 Å². The molecule has 3 rings (SSSR count). The monoisotopic (exact) mass is 299 g/mol. The van der Waals surface area contributed by atoms with Gasteiger partial charge in [-0.2, -0.15) is 0 Å². The van der Waals surface area contributed by atoms with Gasteiger partial charge in [0.15, 0.2) is 0 Å². The van der Waals surface area contributed by atoms with Gasteiger partial charge in [0.05, 0.1) is 0 Å². The minimum Gasteiger partial charge on any atom is -0.352 e. The molecule has 116 valence electrons. The summed E-state index contributed by atoms with van der Waals surface area (Å²) < 4.78 is 0. The lowest BCUT2D eigenvalue weighted by Crippen LogP contribution is -2.31. The number of rotatable bonds is 4. The molecule has 0 unspecified atom stereocenters. The molecule has 2 aliphatic rings. The third-order valence-electron chi connectivity index (χ3n) is 4.27. The number of allylic oxidation sites excluding steroid dienone is 2. The highest BCUT2D eigenvalue weighted by Crippen LogP contribution is 2.20. The SMILES string of the molecule is O=C(NCc1ccnc(N2CCCC2=O)c1)[C@H]1CC=CCC1. The Morgan fingerprint density at radius 2 is 2.32 bits per heavy atom. The van der Waals surface area contributed by atoms with Crippen molar-refractivity contribution in [2.45, 2.75) is 38.6 Å². The van der Waals surface area contributed by atoms with Crippen LogP contribution in [0.15, 0.2) is 30.5 Å². The Labute approximate surface area is 130 Å². The van der Waals surface area contributed by atoms with Crippen molar-refractivity contribution in [3.05, 3.63) is 36.0 Å². The van der Waals surface area contributed by atoms with Crippen LogP contribution in [0.25, 0.3) is 0 Å². The molecule has 1 aliphatic heterocycles. The highest BCUT2D eigenvalue weighted by Gasteiger charge is 2.23. The maximum Gasteiger partial charge on any atom is 0.228 e. The van der Waals surface area contributed by atoms with Crippen LogP contribution in [0.5, 0.6) is 0 Å². The molecule has 0 saturated carbocycles. The van der Waals surface area contributed by atoms with E-state index in [1.165, 1.54) is 0 Å². The summed E-state index contributed by atoms with van der Waals surface area (Å²) in [6.07, 6.45) is 10.1. The Hall–Kier alpha value is -2.17. The minimum absolute atomic E-state index is 0.0893. The van der Waals surface area contributed by atoms with Gasteiger partial charge in [0.2, 0.25) is 11.8 Å². The lowest BCUT2D eigenvalue weighted by atomic mass is 9.93. The summed E-state index contributed by atoms with van der Waals surface area (Å²) in [5, 5.41) is 2.99. The summed E-state index contributed by atoms with van der Waals surface area (Å²) in [7, 11) is 0. The summed E-state index contributed by atoms with van der Waals surface area (Å²) in [5.74, 6) is 1.02. The second-order valence-electron chi connectivity index (χ2n) is 5.87. The first kappa shape index (κ1) is 14.8. The molecule has 1 N–H and O–H groups in total. The fraction of sp³-hybridized carbons (Fsp3) is 0.471. The number of amides is 2. The molecule has 0 spiro atoms. The molecule has 1 aromatic heterocycles. The van der Waals surface area contributed by atoms with Crippen LogP contribution in [0.2, 0.25) is 0 Å². The Kier molecular flexibility index (Phi) is 4.51. The number of carbonyl (C=O) groups is 2. The fourth-order valence-electron chi connectivity index (χ4n) is 2.97. The van der Waals surface area contributed by atoms with Crippen LogP contribution in [0.1, 0.15) is 37.7 Å². The molecule has 2 amide bonds. The smallest absolute Gasteiger partial charge is 0.228 e. The molecule has 2 heterocycles. The van der Waals surface area contributed by atoms with E-state index < -0.39 is 0 Å². The molecule has 1 fully saturated rings. The van der Waals surface area contributed by atoms with Crippen molar-refractivity contribution in [1.29, 1.82) is 0 Å². The predicted octanol–water partition coefficient (Wildman–Crippen LogP) is 2.18. The highest BCUT2D eigenvalue weighted by molar-refractivity contribution is 5.94. The summed E-state index contributed by atoms with van der Waals surface area (Å²) in [6, 6.07) is 3.77. The maximum absolute atomic E-state index is 12.1. The average molecular weight is 299 g/mol. The van der Waals surface area contributed by atoms with Crippen molar-refractivity contribution in [3.8, 4) is 0 Å². The molecule has 22 heavy (non-hydrogen) atoms. The fourth-order valence-corrected chi connectivity index (χ4v) is 2.97. The Morgan fingerprint density at radius 3 is 3.05 bits per heavy atom. The molecule has 1 saturated heterocycles. The van der Waals surface area contributed by atoms with Gasteiger partial charge in [-0.1, -0.05) is 12.2 Å². The first-order valence-corrected chi connectivity index (χ1v) is 7.92. The molecule has 0 aromatic carbocycles. The van der Waals surface area contributed by atoms with E-state index in [1.807, 2.05) is 12.1 Å². The Bertz CT molecular complexity index is 597. The van der Waals surface area contributed by atoms with Gasteiger partial charge in [0, 0.05) is 31.6 Å². The lowest BCUT2D eigenvalue weighted by molar-refractivity contribution is -0.125. The number of aromatic nitrogens is 1. The van der Waals surface area contributed by atoms with Crippen LogP contribution in [0, 0.1) is 5.92 Å². The topological polar surface area (TPSA) is 62.3 Å². The van der Waals surface area contributed by atoms with E-state index in [0.717, 1.165) is 37.8 Å². The standard InChI is InChI=1S/C17H21N3O2/c21-16-7-4-10-20(16)15-11-13(8-9-18-15)12-19-17(22)14-5-2-1-3-6-14/h1-2,8-9,11,14H,3-7,10,12H2,(H,19,22)/t14-/m0/s1. The Morgan fingerprint density at radius 1 is 1.41 bits per heavy atom.